The van der Waals surface area contributed by atoms with Crippen LogP contribution >= 0.6 is 0 Å². The molecule has 3 rings (SSSR count). The molecule has 174 valence electrons. The molecule has 0 bridgehead atoms. The van der Waals surface area contributed by atoms with Crippen molar-refractivity contribution in [2.45, 2.75) is 45.2 Å². The molecule has 0 spiro atoms. The van der Waals surface area contributed by atoms with Crippen molar-refractivity contribution in [3.8, 4) is 5.75 Å². The third kappa shape index (κ3) is 5.63. The first-order valence-electron chi connectivity index (χ1n) is 11.8. The van der Waals surface area contributed by atoms with E-state index >= 15 is 0 Å². The third-order valence-electron chi connectivity index (χ3n) is 6.64. The van der Waals surface area contributed by atoms with Crippen molar-refractivity contribution in [2.75, 3.05) is 40.8 Å². The van der Waals surface area contributed by atoms with Gasteiger partial charge in [-0.3, -0.25) is 4.90 Å². The molecule has 2 amide bonds. The Bertz CT molecular complexity index is 851. The number of nitrogens with zero attached hydrogens (tertiary/aromatic N) is 3. The quantitative estimate of drug-likeness (QED) is 0.596. The van der Waals surface area contributed by atoms with Crippen molar-refractivity contribution >= 4 is 6.03 Å². The monoisotopic (exact) mass is 437 g/mol. The Hall–Kier alpha value is -2.53. The van der Waals surface area contributed by atoms with Crippen molar-refractivity contribution in [2.24, 2.45) is 5.92 Å². The Balaban J connectivity index is 1.89. The van der Waals surface area contributed by atoms with E-state index in [0.29, 0.717) is 12.5 Å². The molecule has 2 aromatic carbocycles. The van der Waals surface area contributed by atoms with E-state index in [1.54, 1.807) is 7.11 Å². The second kappa shape index (κ2) is 10.9. The first-order chi connectivity index (χ1) is 15.4. The Kier molecular flexibility index (Phi) is 8.19. The Morgan fingerprint density at radius 2 is 1.66 bits per heavy atom. The summed E-state index contributed by atoms with van der Waals surface area (Å²) in [6, 6.07) is 19.0. The molecule has 0 aliphatic carbocycles. The highest BCUT2D eigenvalue weighted by atomic mass is 16.5. The number of ether oxygens (including phenoxy) is 1. The van der Waals surface area contributed by atoms with Gasteiger partial charge in [0.25, 0.3) is 0 Å². The first-order valence-corrected chi connectivity index (χ1v) is 11.8. The summed E-state index contributed by atoms with van der Waals surface area (Å²) in [5.41, 5.74) is 2.39. The lowest BCUT2D eigenvalue weighted by molar-refractivity contribution is 0.109. The lowest BCUT2D eigenvalue weighted by Gasteiger charge is -2.41. The molecule has 0 N–H and O–H groups in total. The summed E-state index contributed by atoms with van der Waals surface area (Å²) in [7, 11) is 6.02. The van der Waals surface area contributed by atoms with Crippen LogP contribution in [0, 0.1) is 5.92 Å². The number of methoxy groups -OCH3 is 1. The number of amides is 2. The van der Waals surface area contributed by atoms with Crippen molar-refractivity contribution in [1.29, 1.82) is 0 Å². The molecule has 2 aromatic rings. The third-order valence-corrected chi connectivity index (χ3v) is 6.64. The fourth-order valence-electron chi connectivity index (χ4n) is 4.85. The average Bonchev–Trinajstić information content (AvgIpc) is 2.85. The van der Waals surface area contributed by atoms with Gasteiger partial charge in [-0.25, -0.2) is 4.79 Å². The van der Waals surface area contributed by atoms with Crippen LogP contribution in [0.3, 0.4) is 0 Å². The molecule has 0 aromatic heterocycles. The Morgan fingerprint density at radius 1 is 0.969 bits per heavy atom. The second-order valence-corrected chi connectivity index (χ2v) is 9.54. The van der Waals surface area contributed by atoms with Gasteiger partial charge in [0.1, 0.15) is 5.75 Å². The average molecular weight is 438 g/mol. The summed E-state index contributed by atoms with van der Waals surface area (Å²) < 4.78 is 5.29. The summed E-state index contributed by atoms with van der Waals surface area (Å²) in [6.07, 6.45) is 2.91. The van der Waals surface area contributed by atoms with Gasteiger partial charge in [0.05, 0.1) is 7.11 Å². The van der Waals surface area contributed by atoms with Crippen molar-refractivity contribution < 1.29 is 9.53 Å². The van der Waals surface area contributed by atoms with Crippen molar-refractivity contribution in [3.05, 3.63) is 65.7 Å². The maximum atomic E-state index is 13.6. The zero-order valence-electron chi connectivity index (χ0n) is 20.4. The van der Waals surface area contributed by atoms with E-state index in [1.165, 1.54) is 5.56 Å². The molecule has 5 heteroatoms. The van der Waals surface area contributed by atoms with Crippen LogP contribution in [0.1, 0.15) is 44.2 Å². The lowest BCUT2D eigenvalue weighted by atomic mass is 9.81. The van der Waals surface area contributed by atoms with E-state index in [4.69, 9.17) is 4.74 Å². The van der Waals surface area contributed by atoms with Gasteiger partial charge in [-0.1, -0.05) is 56.3 Å². The number of carbonyl (C=O) groups is 1. The van der Waals surface area contributed by atoms with E-state index in [-0.39, 0.29) is 11.6 Å². The molecule has 1 atom stereocenters. The summed E-state index contributed by atoms with van der Waals surface area (Å²) in [6.45, 7) is 7.27. The first kappa shape index (κ1) is 24.1. The van der Waals surface area contributed by atoms with Gasteiger partial charge in [-0.2, -0.15) is 0 Å². The molecule has 1 aliphatic rings. The van der Waals surface area contributed by atoms with Gasteiger partial charge >= 0.3 is 6.03 Å². The highest BCUT2D eigenvalue weighted by Crippen LogP contribution is 2.36. The predicted molar refractivity (Wildman–Crippen MR) is 131 cm³/mol. The number of hydrogen-bond acceptors (Lipinski definition) is 3. The molecule has 1 saturated heterocycles. The van der Waals surface area contributed by atoms with Gasteiger partial charge in [-0.05, 0) is 62.5 Å². The zero-order chi connectivity index (χ0) is 23.1. The minimum atomic E-state index is -0.0765. The van der Waals surface area contributed by atoms with Gasteiger partial charge in [-0.15, -0.1) is 0 Å². The molecule has 32 heavy (non-hydrogen) atoms. The van der Waals surface area contributed by atoms with Crippen LogP contribution in [-0.4, -0.2) is 61.6 Å². The zero-order valence-corrected chi connectivity index (χ0v) is 20.4. The minimum absolute atomic E-state index is 0.0765. The largest absolute Gasteiger partial charge is 0.497 e. The summed E-state index contributed by atoms with van der Waals surface area (Å²) in [5, 5.41) is 0. The molecule has 0 unspecified atom stereocenters. The molecular formula is C27H39N3O2. The number of urea groups is 1. The molecule has 5 nitrogen and oxygen atoms in total. The van der Waals surface area contributed by atoms with E-state index in [0.717, 1.165) is 50.2 Å². The summed E-state index contributed by atoms with van der Waals surface area (Å²) in [4.78, 5) is 20.1. The maximum absolute atomic E-state index is 13.6. The fourth-order valence-corrected chi connectivity index (χ4v) is 4.85. The standard InChI is InChI=1S/C27H39N3O2/c1-22(2)20-30-19-17-27(28(3)4,24-10-7-6-8-11-24)16-9-18-29(26(30)31)21-23-12-14-25(32-5)15-13-23/h6-8,10-15,22H,9,16-21H2,1-5H3/t27-/m0/s1. The van der Waals surface area contributed by atoms with E-state index in [1.807, 2.05) is 17.0 Å². The van der Waals surface area contributed by atoms with Crippen LogP contribution in [0.25, 0.3) is 0 Å². The number of benzene rings is 2. The number of rotatable bonds is 7. The van der Waals surface area contributed by atoms with Gasteiger partial charge in [0.15, 0.2) is 0 Å². The van der Waals surface area contributed by atoms with Crippen LogP contribution in [0.5, 0.6) is 5.75 Å². The summed E-state index contributed by atoms with van der Waals surface area (Å²) in [5.74, 6) is 1.26. The van der Waals surface area contributed by atoms with Crippen molar-refractivity contribution in [1.82, 2.24) is 14.7 Å². The van der Waals surface area contributed by atoms with E-state index in [2.05, 4.69) is 80.2 Å². The molecule has 1 heterocycles. The molecule has 0 saturated carbocycles. The highest BCUT2D eigenvalue weighted by Gasteiger charge is 2.37. The van der Waals surface area contributed by atoms with Gasteiger partial charge in [0, 0.05) is 31.7 Å². The Morgan fingerprint density at radius 3 is 2.25 bits per heavy atom. The second-order valence-electron chi connectivity index (χ2n) is 9.54. The SMILES string of the molecule is COc1ccc(CN2CCC[C@](c3ccccc3)(N(C)C)CCN(CC(C)C)C2=O)cc1. The Labute approximate surface area is 194 Å². The van der Waals surface area contributed by atoms with Crippen LogP contribution in [0.4, 0.5) is 4.79 Å². The van der Waals surface area contributed by atoms with Gasteiger partial charge < -0.3 is 14.5 Å². The van der Waals surface area contributed by atoms with Crippen molar-refractivity contribution in [3.63, 3.8) is 0 Å². The van der Waals surface area contributed by atoms with E-state index in [9.17, 15) is 4.79 Å². The van der Waals surface area contributed by atoms with Crippen LogP contribution in [-0.2, 0) is 12.1 Å². The van der Waals surface area contributed by atoms with Gasteiger partial charge in [0.2, 0.25) is 0 Å². The molecule has 1 fully saturated rings. The number of carbonyl (C=O) groups excluding carboxylic acids is 1. The maximum Gasteiger partial charge on any atom is 0.320 e. The molecular weight excluding hydrogens is 398 g/mol. The minimum Gasteiger partial charge on any atom is -0.497 e. The smallest absolute Gasteiger partial charge is 0.320 e. The highest BCUT2D eigenvalue weighted by molar-refractivity contribution is 5.74. The normalized spacial score (nSPS) is 20.3. The van der Waals surface area contributed by atoms with Crippen LogP contribution in [0.2, 0.25) is 0 Å². The fraction of sp³-hybridized carbons (Fsp3) is 0.519. The molecule has 0 radical (unpaired) electrons. The topological polar surface area (TPSA) is 36.0 Å². The van der Waals surface area contributed by atoms with E-state index < -0.39 is 0 Å². The van der Waals surface area contributed by atoms with Crippen LogP contribution in [0.15, 0.2) is 54.6 Å². The lowest BCUT2D eigenvalue weighted by Crippen LogP contribution is -2.47. The summed E-state index contributed by atoms with van der Waals surface area (Å²) >= 11 is 0. The molecule has 1 aliphatic heterocycles. The number of hydrogen-bond donors (Lipinski definition) is 0. The predicted octanol–water partition coefficient (Wildman–Crippen LogP) is 5.22. The van der Waals surface area contributed by atoms with Crippen LogP contribution < -0.4 is 4.74 Å².